The molecule has 1 N–H and O–H groups in total. The number of aliphatic carboxylic acids is 1. The first-order valence-electron chi connectivity index (χ1n) is 5.64. The molecule has 7 nitrogen and oxygen atoms in total. The smallest absolute Gasteiger partial charge is 0.332 e. The fourth-order valence-electron chi connectivity index (χ4n) is 1.41. The summed E-state index contributed by atoms with van der Waals surface area (Å²) in [4.78, 5) is 20.8. The standard InChI is InChI=1S/C12H15NO6/c1-8-4-3-5-10(13(16)17)11(8)19-7-6-18-9(2)12(14)15/h3-5,9H,6-7H2,1-2H3,(H,14,15). The summed E-state index contributed by atoms with van der Waals surface area (Å²) in [5, 5.41) is 19.4. The SMILES string of the molecule is Cc1cccc([N+](=O)[O-])c1OCCOC(C)C(=O)O. The molecule has 0 aliphatic carbocycles. The molecule has 0 radical (unpaired) electrons. The highest BCUT2D eigenvalue weighted by Crippen LogP contribution is 2.30. The number of carbonyl (C=O) groups is 1. The number of carboxylic acid groups (broad SMARTS) is 1. The molecule has 0 aromatic heterocycles. The number of aryl methyl sites for hydroxylation is 1. The van der Waals surface area contributed by atoms with Crippen LogP contribution in [0.5, 0.6) is 5.75 Å². The maximum absolute atomic E-state index is 10.8. The summed E-state index contributed by atoms with van der Waals surface area (Å²) in [6.07, 6.45) is -0.935. The van der Waals surface area contributed by atoms with Gasteiger partial charge in [0.2, 0.25) is 0 Å². The van der Waals surface area contributed by atoms with Crippen molar-refractivity contribution in [3.63, 3.8) is 0 Å². The Morgan fingerprint density at radius 1 is 1.47 bits per heavy atom. The fourth-order valence-corrected chi connectivity index (χ4v) is 1.41. The quantitative estimate of drug-likeness (QED) is 0.460. The Bertz CT molecular complexity index is 473. The Hall–Kier alpha value is -2.15. The van der Waals surface area contributed by atoms with Crippen molar-refractivity contribution in [2.45, 2.75) is 20.0 Å². The molecule has 0 saturated heterocycles. The molecule has 1 rings (SSSR count). The second-order valence-corrected chi connectivity index (χ2v) is 3.88. The Balaban J connectivity index is 2.58. The number of carboxylic acids is 1. The van der Waals surface area contributed by atoms with Crippen LogP contribution in [0.15, 0.2) is 18.2 Å². The van der Waals surface area contributed by atoms with Crippen LogP contribution in [0.1, 0.15) is 12.5 Å². The summed E-state index contributed by atoms with van der Waals surface area (Å²) >= 11 is 0. The minimum absolute atomic E-state index is 0.0406. The van der Waals surface area contributed by atoms with Crippen LogP contribution in [0.2, 0.25) is 0 Å². The van der Waals surface area contributed by atoms with Gasteiger partial charge < -0.3 is 14.6 Å². The van der Waals surface area contributed by atoms with Gasteiger partial charge in [-0.15, -0.1) is 0 Å². The van der Waals surface area contributed by atoms with E-state index in [1.54, 1.807) is 19.1 Å². The van der Waals surface area contributed by atoms with Gasteiger partial charge in [0, 0.05) is 6.07 Å². The lowest BCUT2D eigenvalue weighted by atomic mass is 10.2. The van der Waals surface area contributed by atoms with Gasteiger partial charge in [-0.05, 0) is 19.4 Å². The largest absolute Gasteiger partial charge is 0.484 e. The average Bonchev–Trinajstić information content (AvgIpc) is 2.35. The minimum atomic E-state index is -1.07. The van der Waals surface area contributed by atoms with Crippen molar-refractivity contribution in [1.29, 1.82) is 0 Å². The molecule has 0 spiro atoms. The highest BCUT2D eigenvalue weighted by Gasteiger charge is 2.17. The van der Waals surface area contributed by atoms with Gasteiger partial charge in [-0.3, -0.25) is 10.1 Å². The maximum atomic E-state index is 10.8. The van der Waals surface area contributed by atoms with Gasteiger partial charge in [0.05, 0.1) is 11.5 Å². The van der Waals surface area contributed by atoms with Crippen molar-refractivity contribution in [1.82, 2.24) is 0 Å². The summed E-state index contributed by atoms with van der Waals surface area (Å²) in [6.45, 7) is 3.18. The van der Waals surface area contributed by atoms with E-state index in [1.165, 1.54) is 13.0 Å². The van der Waals surface area contributed by atoms with E-state index < -0.39 is 17.0 Å². The third-order valence-corrected chi connectivity index (χ3v) is 2.43. The Morgan fingerprint density at radius 3 is 2.74 bits per heavy atom. The molecule has 0 amide bonds. The Morgan fingerprint density at radius 2 is 2.16 bits per heavy atom. The molecular formula is C12H15NO6. The van der Waals surface area contributed by atoms with Crippen molar-refractivity contribution in [3.05, 3.63) is 33.9 Å². The Labute approximate surface area is 109 Å². The summed E-state index contributed by atoms with van der Waals surface area (Å²) in [7, 11) is 0. The number of nitro benzene ring substituents is 1. The van der Waals surface area contributed by atoms with Gasteiger partial charge in [0.25, 0.3) is 0 Å². The van der Waals surface area contributed by atoms with Crippen LogP contribution in [0.4, 0.5) is 5.69 Å². The number of nitrogens with zero attached hydrogens (tertiary/aromatic N) is 1. The zero-order valence-electron chi connectivity index (χ0n) is 10.7. The first-order valence-corrected chi connectivity index (χ1v) is 5.64. The maximum Gasteiger partial charge on any atom is 0.332 e. The normalized spacial score (nSPS) is 11.9. The first kappa shape index (κ1) is 14.9. The van der Waals surface area contributed by atoms with E-state index in [1.807, 2.05) is 0 Å². The van der Waals surface area contributed by atoms with Crippen LogP contribution in [0.3, 0.4) is 0 Å². The van der Waals surface area contributed by atoms with Gasteiger partial charge in [-0.1, -0.05) is 12.1 Å². The number of hydrogen-bond donors (Lipinski definition) is 1. The number of ether oxygens (including phenoxy) is 2. The third kappa shape index (κ3) is 4.22. The van der Waals surface area contributed by atoms with E-state index in [9.17, 15) is 14.9 Å². The number of rotatable bonds is 7. The molecule has 1 unspecified atom stereocenters. The van der Waals surface area contributed by atoms with Crippen molar-refractivity contribution in [3.8, 4) is 5.75 Å². The van der Waals surface area contributed by atoms with E-state index in [2.05, 4.69) is 0 Å². The van der Waals surface area contributed by atoms with Crippen LogP contribution in [0.25, 0.3) is 0 Å². The number of para-hydroxylation sites is 1. The molecular weight excluding hydrogens is 254 g/mol. The highest BCUT2D eigenvalue weighted by atomic mass is 16.6. The monoisotopic (exact) mass is 269 g/mol. The summed E-state index contributed by atoms with van der Waals surface area (Å²) in [5.74, 6) is -0.888. The second-order valence-electron chi connectivity index (χ2n) is 3.88. The van der Waals surface area contributed by atoms with Crippen LogP contribution >= 0.6 is 0 Å². The molecule has 0 bridgehead atoms. The molecule has 19 heavy (non-hydrogen) atoms. The molecule has 0 heterocycles. The number of benzene rings is 1. The van der Waals surface area contributed by atoms with Crippen molar-refractivity contribution in [2.75, 3.05) is 13.2 Å². The second kappa shape index (κ2) is 6.69. The molecule has 0 aliphatic rings. The topological polar surface area (TPSA) is 98.9 Å². The molecule has 1 aromatic rings. The van der Waals surface area contributed by atoms with Crippen LogP contribution in [0, 0.1) is 17.0 Å². The van der Waals surface area contributed by atoms with E-state index in [-0.39, 0.29) is 24.7 Å². The number of hydrogen-bond acceptors (Lipinski definition) is 5. The average molecular weight is 269 g/mol. The minimum Gasteiger partial charge on any atom is -0.484 e. The van der Waals surface area contributed by atoms with Crippen LogP contribution < -0.4 is 4.74 Å². The number of nitro groups is 1. The van der Waals surface area contributed by atoms with Crippen molar-refractivity contribution >= 4 is 11.7 Å². The molecule has 0 aliphatic heterocycles. The molecule has 104 valence electrons. The van der Waals surface area contributed by atoms with Gasteiger partial charge in [-0.25, -0.2) is 4.79 Å². The molecule has 7 heteroatoms. The van der Waals surface area contributed by atoms with Gasteiger partial charge in [0.1, 0.15) is 6.61 Å². The lowest BCUT2D eigenvalue weighted by Crippen LogP contribution is -2.22. The first-order chi connectivity index (χ1) is 8.93. The van der Waals surface area contributed by atoms with E-state index in [0.29, 0.717) is 5.56 Å². The third-order valence-electron chi connectivity index (χ3n) is 2.43. The summed E-state index contributed by atoms with van der Waals surface area (Å²) < 4.78 is 10.3. The molecule has 1 atom stereocenters. The van der Waals surface area contributed by atoms with Crippen LogP contribution in [-0.2, 0) is 9.53 Å². The zero-order valence-corrected chi connectivity index (χ0v) is 10.7. The predicted molar refractivity (Wildman–Crippen MR) is 66.4 cm³/mol. The lowest BCUT2D eigenvalue weighted by Gasteiger charge is -2.11. The highest BCUT2D eigenvalue weighted by molar-refractivity contribution is 5.71. The predicted octanol–water partition coefficient (Wildman–Crippen LogP) is 1.77. The summed E-state index contributed by atoms with van der Waals surface area (Å²) in [6, 6.07) is 4.62. The summed E-state index contributed by atoms with van der Waals surface area (Å²) in [5.41, 5.74) is 0.520. The van der Waals surface area contributed by atoms with E-state index in [0.717, 1.165) is 0 Å². The van der Waals surface area contributed by atoms with Gasteiger partial charge in [-0.2, -0.15) is 0 Å². The van der Waals surface area contributed by atoms with Crippen molar-refractivity contribution < 1.29 is 24.3 Å². The van der Waals surface area contributed by atoms with Crippen LogP contribution in [-0.4, -0.2) is 35.3 Å². The molecule has 0 fully saturated rings. The van der Waals surface area contributed by atoms with Crippen molar-refractivity contribution in [2.24, 2.45) is 0 Å². The zero-order chi connectivity index (χ0) is 14.4. The Kier molecular flexibility index (Phi) is 5.25. The lowest BCUT2D eigenvalue weighted by molar-refractivity contribution is -0.385. The van der Waals surface area contributed by atoms with Gasteiger partial charge >= 0.3 is 11.7 Å². The fraction of sp³-hybridized carbons (Fsp3) is 0.417. The van der Waals surface area contributed by atoms with Gasteiger partial charge in [0.15, 0.2) is 11.9 Å². The van der Waals surface area contributed by atoms with E-state index in [4.69, 9.17) is 14.6 Å². The molecule has 1 aromatic carbocycles. The van der Waals surface area contributed by atoms with E-state index >= 15 is 0 Å². The molecule has 0 saturated carbocycles.